The molecule has 6 heteroatoms. The normalized spacial score (nSPS) is 8.69. The Morgan fingerprint density at radius 3 is 2.15 bits per heavy atom. The summed E-state index contributed by atoms with van der Waals surface area (Å²) in [5.74, 6) is 0.322. The van der Waals surface area contributed by atoms with Gasteiger partial charge < -0.3 is 5.11 Å². The number of aromatic nitrogens is 4. The fourth-order valence-corrected chi connectivity index (χ4v) is 0.667. The van der Waals surface area contributed by atoms with Gasteiger partial charge in [-0.05, 0) is 22.6 Å². The number of thiol groups is 1. The largest absolute Gasteiger partial charge is 0.508 e. The molecule has 68 valence electrons. The van der Waals surface area contributed by atoms with Gasteiger partial charge in [0.15, 0.2) is 0 Å². The van der Waals surface area contributed by atoms with E-state index in [0.717, 1.165) is 0 Å². The number of H-pyrrole nitrogens is 1. The number of nitrogens with zero attached hydrogens (tertiary/aromatic N) is 3. The standard InChI is InChI=1S/C6H6O.CH2N4S/c7-6-4-2-1-3-5-6;6-1-2-4-5-3-1/h1-5,7H;(H2,2,3,4,5,6). The highest BCUT2D eigenvalue weighted by Crippen LogP contribution is 2.02. The van der Waals surface area contributed by atoms with Crippen molar-refractivity contribution in [1.82, 2.24) is 20.6 Å². The van der Waals surface area contributed by atoms with E-state index in [2.05, 4.69) is 33.3 Å². The maximum absolute atomic E-state index is 8.63. The Morgan fingerprint density at radius 2 is 1.92 bits per heavy atom. The lowest BCUT2D eigenvalue weighted by Gasteiger charge is -1.82. The molecular weight excluding hydrogens is 188 g/mol. The minimum atomic E-state index is 0.322. The van der Waals surface area contributed by atoms with Crippen LogP contribution >= 0.6 is 12.6 Å². The SMILES string of the molecule is Oc1ccccc1.Sc1nnn[nH]1. The molecule has 0 aliphatic rings. The van der Waals surface area contributed by atoms with Crippen LogP contribution in [0.3, 0.4) is 0 Å². The Morgan fingerprint density at radius 1 is 1.23 bits per heavy atom. The number of benzene rings is 1. The second-order valence-corrected chi connectivity index (χ2v) is 2.48. The van der Waals surface area contributed by atoms with Crippen molar-refractivity contribution >= 4 is 12.6 Å². The number of phenols is 1. The van der Waals surface area contributed by atoms with Gasteiger partial charge in [0.2, 0.25) is 5.16 Å². The molecule has 0 aliphatic carbocycles. The van der Waals surface area contributed by atoms with Gasteiger partial charge in [-0.3, -0.25) is 0 Å². The van der Waals surface area contributed by atoms with Gasteiger partial charge in [0.25, 0.3) is 0 Å². The van der Waals surface area contributed by atoms with E-state index in [1.165, 1.54) is 0 Å². The number of phenolic OH excluding ortho intramolecular Hbond substituents is 1. The summed E-state index contributed by atoms with van der Waals surface area (Å²) in [6, 6.07) is 8.71. The highest BCUT2D eigenvalue weighted by molar-refractivity contribution is 7.80. The number of aromatic amines is 1. The summed E-state index contributed by atoms with van der Waals surface area (Å²) in [7, 11) is 0. The molecule has 0 amide bonds. The fraction of sp³-hybridized carbons (Fsp3) is 0. The van der Waals surface area contributed by atoms with Crippen LogP contribution in [0, 0.1) is 0 Å². The third-order valence-electron chi connectivity index (χ3n) is 1.09. The molecule has 13 heavy (non-hydrogen) atoms. The molecule has 2 rings (SSSR count). The number of hydrogen-bond donors (Lipinski definition) is 3. The van der Waals surface area contributed by atoms with Gasteiger partial charge in [-0.25, -0.2) is 5.10 Å². The van der Waals surface area contributed by atoms with E-state index in [1.54, 1.807) is 24.3 Å². The first kappa shape index (κ1) is 9.53. The van der Waals surface area contributed by atoms with Crippen LogP contribution in [-0.2, 0) is 0 Å². The Labute approximate surface area is 80.2 Å². The van der Waals surface area contributed by atoms with Crippen molar-refractivity contribution in [2.75, 3.05) is 0 Å². The Balaban J connectivity index is 0.000000132. The van der Waals surface area contributed by atoms with Crippen LogP contribution in [0.2, 0.25) is 0 Å². The molecule has 0 saturated carbocycles. The van der Waals surface area contributed by atoms with Gasteiger partial charge in [0.1, 0.15) is 5.75 Å². The number of para-hydroxylation sites is 1. The van der Waals surface area contributed by atoms with Gasteiger partial charge in [-0.1, -0.05) is 18.2 Å². The van der Waals surface area contributed by atoms with Crippen molar-refractivity contribution in [2.24, 2.45) is 0 Å². The summed E-state index contributed by atoms with van der Waals surface area (Å²) in [5, 5.41) is 21.3. The van der Waals surface area contributed by atoms with Crippen LogP contribution in [0.1, 0.15) is 0 Å². The zero-order valence-electron chi connectivity index (χ0n) is 6.62. The first-order valence-electron chi connectivity index (χ1n) is 3.46. The molecule has 2 N–H and O–H groups in total. The molecule has 1 aromatic carbocycles. The van der Waals surface area contributed by atoms with Crippen molar-refractivity contribution in [3.8, 4) is 5.75 Å². The van der Waals surface area contributed by atoms with Crippen molar-refractivity contribution in [1.29, 1.82) is 0 Å². The van der Waals surface area contributed by atoms with E-state index >= 15 is 0 Å². The van der Waals surface area contributed by atoms with Crippen LogP contribution in [0.4, 0.5) is 0 Å². The third-order valence-corrected chi connectivity index (χ3v) is 1.28. The Kier molecular flexibility index (Phi) is 3.77. The summed E-state index contributed by atoms with van der Waals surface area (Å²) < 4.78 is 0. The molecule has 5 nitrogen and oxygen atoms in total. The summed E-state index contributed by atoms with van der Waals surface area (Å²) in [5.41, 5.74) is 0. The molecule has 0 fully saturated rings. The molecule has 0 bridgehead atoms. The van der Waals surface area contributed by atoms with Crippen molar-refractivity contribution in [3.05, 3.63) is 30.3 Å². The molecule has 0 spiro atoms. The minimum absolute atomic E-state index is 0.322. The summed E-state index contributed by atoms with van der Waals surface area (Å²) >= 11 is 3.74. The Bertz CT molecular complexity index is 323. The monoisotopic (exact) mass is 196 g/mol. The summed E-state index contributed by atoms with van der Waals surface area (Å²) in [6.07, 6.45) is 0. The van der Waals surface area contributed by atoms with E-state index in [-0.39, 0.29) is 0 Å². The topological polar surface area (TPSA) is 74.7 Å². The van der Waals surface area contributed by atoms with Crippen molar-refractivity contribution < 1.29 is 5.11 Å². The predicted octanol–water partition coefficient (Wildman–Crippen LogP) is 0.881. The summed E-state index contributed by atoms with van der Waals surface area (Å²) in [6.45, 7) is 0. The summed E-state index contributed by atoms with van der Waals surface area (Å²) in [4.78, 5) is 0. The molecule has 2 aromatic rings. The number of nitrogens with one attached hydrogen (secondary N) is 1. The van der Waals surface area contributed by atoms with Gasteiger partial charge in [-0.2, -0.15) is 0 Å². The first-order valence-corrected chi connectivity index (χ1v) is 3.90. The van der Waals surface area contributed by atoms with Crippen LogP contribution < -0.4 is 0 Å². The van der Waals surface area contributed by atoms with Crippen molar-refractivity contribution in [3.63, 3.8) is 0 Å². The van der Waals surface area contributed by atoms with Crippen LogP contribution in [0.25, 0.3) is 0 Å². The lowest BCUT2D eigenvalue weighted by Crippen LogP contribution is -1.64. The zero-order chi connectivity index (χ0) is 9.52. The van der Waals surface area contributed by atoms with Crippen LogP contribution in [0.5, 0.6) is 5.75 Å². The fourth-order valence-electron chi connectivity index (χ4n) is 0.582. The second-order valence-electron chi connectivity index (χ2n) is 2.06. The second kappa shape index (κ2) is 5.15. The van der Waals surface area contributed by atoms with E-state index in [0.29, 0.717) is 10.9 Å². The lowest BCUT2D eigenvalue weighted by atomic mass is 10.3. The maximum Gasteiger partial charge on any atom is 0.203 e. The highest BCUT2D eigenvalue weighted by Gasteiger charge is 1.78. The van der Waals surface area contributed by atoms with Crippen LogP contribution in [0.15, 0.2) is 35.5 Å². The molecule has 0 unspecified atom stereocenters. The van der Waals surface area contributed by atoms with E-state index < -0.39 is 0 Å². The lowest BCUT2D eigenvalue weighted by molar-refractivity contribution is 0.475. The average Bonchev–Trinajstić information content (AvgIpc) is 2.58. The first-order chi connectivity index (χ1) is 6.29. The van der Waals surface area contributed by atoms with Crippen molar-refractivity contribution in [2.45, 2.75) is 5.16 Å². The van der Waals surface area contributed by atoms with Crippen LogP contribution in [-0.4, -0.2) is 25.7 Å². The molecule has 0 saturated heterocycles. The smallest absolute Gasteiger partial charge is 0.203 e. The van der Waals surface area contributed by atoms with E-state index in [4.69, 9.17) is 5.11 Å². The Hall–Kier alpha value is -1.56. The zero-order valence-corrected chi connectivity index (χ0v) is 7.52. The van der Waals surface area contributed by atoms with E-state index in [9.17, 15) is 0 Å². The van der Waals surface area contributed by atoms with Gasteiger partial charge in [0, 0.05) is 0 Å². The van der Waals surface area contributed by atoms with Gasteiger partial charge in [0.05, 0.1) is 0 Å². The minimum Gasteiger partial charge on any atom is -0.508 e. The molecule has 1 aromatic heterocycles. The molecule has 1 heterocycles. The molecule has 0 radical (unpaired) electrons. The highest BCUT2D eigenvalue weighted by atomic mass is 32.1. The molecule has 0 atom stereocenters. The maximum atomic E-state index is 8.63. The quantitative estimate of drug-likeness (QED) is 0.547. The van der Waals surface area contributed by atoms with Gasteiger partial charge >= 0.3 is 0 Å². The molecule has 0 aliphatic heterocycles. The van der Waals surface area contributed by atoms with E-state index in [1.807, 2.05) is 6.07 Å². The average molecular weight is 196 g/mol. The number of aromatic hydroxyl groups is 1. The van der Waals surface area contributed by atoms with Gasteiger partial charge in [-0.15, -0.1) is 17.7 Å². The number of tetrazole rings is 1. The third kappa shape index (κ3) is 4.12. The molecular formula is C7H8N4OS. The number of hydrogen-bond acceptors (Lipinski definition) is 5. The predicted molar refractivity (Wildman–Crippen MR) is 49.5 cm³/mol. The number of rotatable bonds is 0.